The molecule has 0 saturated heterocycles. The summed E-state index contributed by atoms with van der Waals surface area (Å²) < 4.78 is 0. The van der Waals surface area contributed by atoms with Crippen molar-refractivity contribution < 1.29 is 0 Å². The Morgan fingerprint density at radius 3 is 0.620 bits per heavy atom. The van der Waals surface area contributed by atoms with E-state index in [0.29, 0.717) is 0 Å². The van der Waals surface area contributed by atoms with E-state index in [1.165, 1.54) is 110 Å². The Bertz CT molecular complexity index is 1020. The summed E-state index contributed by atoms with van der Waals surface area (Å²) in [5.74, 6) is 21.6. The molecule has 10 fully saturated rings. The second-order valence-electron chi connectivity index (χ2n) is 22.0. The van der Waals surface area contributed by atoms with Gasteiger partial charge in [0.15, 0.2) is 0 Å². The highest BCUT2D eigenvalue weighted by Crippen LogP contribution is 2.89. The molecule has 50 heavy (non-hydrogen) atoms. The Balaban J connectivity index is 0.728. The van der Waals surface area contributed by atoms with E-state index in [1.54, 1.807) is 167 Å². The average molecular weight is 683 g/mol. The van der Waals surface area contributed by atoms with E-state index in [4.69, 9.17) is 0 Å². The van der Waals surface area contributed by atoms with Crippen LogP contribution < -0.4 is 0 Å². The number of hydrogen-bond donors (Lipinski definition) is 0. The van der Waals surface area contributed by atoms with E-state index in [1.807, 2.05) is 0 Å². The predicted octanol–water partition coefficient (Wildman–Crippen LogP) is 14.7. The summed E-state index contributed by atoms with van der Waals surface area (Å²) in [6, 6.07) is 0. The minimum Gasteiger partial charge on any atom is -0.0533 e. The lowest BCUT2D eigenvalue weighted by molar-refractivity contribution is -0.431. The Kier molecular flexibility index (Phi) is 10.5. The molecule has 0 aromatic heterocycles. The van der Waals surface area contributed by atoms with Gasteiger partial charge in [0, 0.05) is 0 Å². The van der Waals surface area contributed by atoms with Crippen molar-refractivity contribution >= 4 is 0 Å². The summed E-state index contributed by atoms with van der Waals surface area (Å²) in [7, 11) is 0. The molecule has 0 heterocycles. The van der Waals surface area contributed by atoms with Crippen LogP contribution in [0.4, 0.5) is 0 Å². The normalized spacial score (nSPS) is 54.2. The summed E-state index contributed by atoms with van der Waals surface area (Å²) in [5, 5.41) is 0. The summed E-state index contributed by atoms with van der Waals surface area (Å²) in [6.45, 7) is 0. The second kappa shape index (κ2) is 15.3. The van der Waals surface area contributed by atoms with Crippen LogP contribution in [-0.4, -0.2) is 0 Å². The third-order valence-corrected chi connectivity index (χ3v) is 20.5. The van der Waals surface area contributed by atoms with Crippen molar-refractivity contribution in [2.24, 2.45) is 107 Å². The largest absolute Gasteiger partial charge is 0.0533 e. The van der Waals surface area contributed by atoms with Crippen LogP contribution in [0.2, 0.25) is 0 Å². The van der Waals surface area contributed by atoms with E-state index in [-0.39, 0.29) is 0 Å². The van der Waals surface area contributed by atoms with Crippen LogP contribution in [0.1, 0.15) is 205 Å². The van der Waals surface area contributed by atoms with Gasteiger partial charge in [0.25, 0.3) is 0 Å². The first kappa shape index (κ1) is 34.5. The molecule has 18 atom stereocenters. The average Bonchev–Trinajstić information content (AvgIpc) is 3.09. The molecule has 0 aromatic carbocycles. The van der Waals surface area contributed by atoms with Crippen LogP contribution in [0, 0.1) is 107 Å². The number of hydrogen-bond acceptors (Lipinski definition) is 0. The first-order chi connectivity index (χ1) is 24.9. The molecule has 10 saturated carbocycles. The molecule has 0 bridgehead atoms. The standard InChI is InChI=1S/C50H82/c1-2-6-12-22-34-24-14-8-4-10-16-26-36-35(25-15-9-3-7-13-23-33(34)21-11-5-1)37-27-17-19-29-39-40(30-20-18-28-38(36)37)44-43(39)47-48(44)50-46-42-32-31-41(42)45(46)49(47)50/h33-50H,1-32H2. The van der Waals surface area contributed by atoms with Gasteiger partial charge in [-0.3, -0.25) is 0 Å². The minimum absolute atomic E-state index is 1.07. The van der Waals surface area contributed by atoms with Crippen molar-refractivity contribution in [3.05, 3.63) is 0 Å². The quantitative estimate of drug-likeness (QED) is 0.223. The lowest BCUT2D eigenvalue weighted by Gasteiger charge is -2.90. The first-order valence-electron chi connectivity index (χ1n) is 24.9. The fourth-order valence-corrected chi connectivity index (χ4v) is 18.3. The fraction of sp³-hybridized carbons (Fsp3) is 1.00. The molecule has 0 aliphatic heterocycles. The van der Waals surface area contributed by atoms with Crippen LogP contribution in [0.5, 0.6) is 0 Å². The number of fused-ring (bicyclic) bond motifs is 21. The fourth-order valence-electron chi connectivity index (χ4n) is 18.3. The van der Waals surface area contributed by atoms with Crippen LogP contribution in [0.3, 0.4) is 0 Å². The minimum atomic E-state index is 1.07. The van der Waals surface area contributed by atoms with Crippen molar-refractivity contribution in [1.29, 1.82) is 0 Å². The maximum atomic E-state index is 1.65. The van der Waals surface area contributed by atoms with E-state index in [9.17, 15) is 0 Å². The molecule has 0 N–H and O–H groups in total. The van der Waals surface area contributed by atoms with E-state index < -0.39 is 0 Å². The van der Waals surface area contributed by atoms with Crippen LogP contribution in [-0.2, 0) is 0 Å². The first-order valence-corrected chi connectivity index (χ1v) is 24.9. The van der Waals surface area contributed by atoms with Crippen molar-refractivity contribution in [3.63, 3.8) is 0 Å². The van der Waals surface area contributed by atoms with Gasteiger partial charge in [-0.15, -0.1) is 0 Å². The molecular weight excluding hydrogens is 601 g/mol. The lowest BCUT2D eigenvalue weighted by Crippen LogP contribution is -2.86. The Morgan fingerprint density at radius 2 is 0.340 bits per heavy atom. The van der Waals surface area contributed by atoms with Crippen molar-refractivity contribution in [1.82, 2.24) is 0 Å². The smallest absolute Gasteiger partial charge is 0.0312 e. The maximum Gasteiger partial charge on any atom is -0.0312 e. The zero-order valence-corrected chi connectivity index (χ0v) is 33.0. The van der Waals surface area contributed by atoms with E-state index in [2.05, 4.69) is 0 Å². The molecule has 10 rings (SSSR count). The van der Waals surface area contributed by atoms with Crippen molar-refractivity contribution in [3.8, 4) is 0 Å². The SMILES string of the molecule is C1CCCCC2CCCCCCCC3C(CCCCCCCC2CCC1)C1CCCCC2C(CCCCC31)C1C2C2C1C1C3C4CCC4C3C21. The highest BCUT2D eigenvalue weighted by molar-refractivity contribution is 5.32. The lowest BCUT2D eigenvalue weighted by atomic mass is 9.14. The van der Waals surface area contributed by atoms with Gasteiger partial charge in [0.05, 0.1) is 0 Å². The molecule has 0 amide bonds. The van der Waals surface area contributed by atoms with Gasteiger partial charge in [-0.05, 0) is 158 Å². The van der Waals surface area contributed by atoms with Crippen LogP contribution >= 0.6 is 0 Å². The molecule has 0 aromatic rings. The molecule has 0 spiro atoms. The van der Waals surface area contributed by atoms with E-state index in [0.717, 1.165) is 35.5 Å². The Morgan fingerprint density at radius 1 is 0.140 bits per heavy atom. The molecule has 10 aliphatic rings. The van der Waals surface area contributed by atoms with Gasteiger partial charge >= 0.3 is 0 Å². The van der Waals surface area contributed by atoms with Gasteiger partial charge < -0.3 is 0 Å². The molecule has 18 unspecified atom stereocenters. The molecule has 0 nitrogen and oxygen atoms in total. The molecular formula is C50H82. The third kappa shape index (κ3) is 5.91. The highest BCUT2D eigenvalue weighted by atomic mass is 14.9. The molecule has 282 valence electrons. The zero-order chi connectivity index (χ0) is 33.0. The third-order valence-electron chi connectivity index (χ3n) is 20.5. The summed E-state index contributed by atoms with van der Waals surface area (Å²) >= 11 is 0. The van der Waals surface area contributed by atoms with Crippen molar-refractivity contribution in [2.75, 3.05) is 0 Å². The predicted molar refractivity (Wildman–Crippen MR) is 211 cm³/mol. The van der Waals surface area contributed by atoms with Crippen molar-refractivity contribution in [2.45, 2.75) is 205 Å². The summed E-state index contributed by atoms with van der Waals surface area (Å²) in [6.07, 6.45) is 50.4. The second-order valence-corrected chi connectivity index (χ2v) is 22.0. The Hall–Kier alpha value is 0. The van der Waals surface area contributed by atoms with Gasteiger partial charge in [0.2, 0.25) is 0 Å². The van der Waals surface area contributed by atoms with Gasteiger partial charge in [-0.1, -0.05) is 154 Å². The van der Waals surface area contributed by atoms with Crippen LogP contribution in [0.15, 0.2) is 0 Å². The number of rotatable bonds is 0. The Labute approximate surface area is 311 Å². The topological polar surface area (TPSA) is 0 Å². The highest BCUT2D eigenvalue weighted by Gasteiger charge is 2.85. The van der Waals surface area contributed by atoms with Crippen LogP contribution in [0.25, 0.3) is 0 Å². The molecule has 10 aliphatic carbocycles. The monoisotopic (exact) mass is 683 g/mol. The maximum absolute atomic E-state index is 1.65. The summed E-state index contributed by atoms with van der Waals surface area (Å²) in [5.41, 5.74) is 0. The molecule has 0 heteroatoms. The summed E-state index contributed by atoms with van der Waals surface area (Å²) in [4.78, 5) is 0. The van der Waals surface area contributed by atoms with E-state index >= 15 is 0 Å². The molecule has 0 radical (unpaired) electrons. The zero-order valence-electron chi connectivity index (χ0n) is 33.0. The van der Waals surface area contributed by atoms with Gasteiger partial charge in [-0.25, -0.2) is 0 Å². The van der Waals surface area contributed by atoms with Gasteiger partial charge in [-0.2, -0.15) is 0 Å². The van der Waals surface area contributed by atoms with Gasteiger partial charge in [0.1, 0.15) is 0 Å².